The summed E-state index contributed by atoms with van der Waals surface area (Å²) in [7, 11) is 0.795. The van der Waals surface area contributed by atoms with Gasteiger partial charge >= 0.3 is 11.9 Å². The fourth-order valence-electron chi connectivity index (χ4n) is 2.23. The van der Waals surface area contributed by atoms with Gasteiger partial charge in [-0.25, -0.2) is 0 Å². The second-order valence-corrected chi connectivity index (χ2v) is 10.1. The molecule has 19 heavy (non-hydrogen) atoms. The third-order valence-electron chi connectivity index (χ3n) is 3.01. The number of carbonyl (C=O) groups excluding carboxylic acids is 2. The maximum absolute atomic E-state index is 12.0. The lowest BCUT2D eigenvalue weighted by molar-refractivity contribution is -0.170. The Morgan fingerprint density at radius 2 is 1.68 bits per heavy atom. The van der Waals surface area contributed by atoms with Crippen LogP contribution in [0.3, 0.4) is 0 Å². The Morgan fingerprint density at radius 1 is 1.16 bits per heavy atom. The van der Waals surface area contributed by atoms with Crippen LogP contribution in [0.1, 0.15) is 19.3 Å². The van der Waals surface area contributed by atoms with Crippen LogP contribution in [0.25, 0.3) is 0 Å². The number of hydrogen-bond donors (Lipinski definition) is 0. The zero-order chi connectivity index (χ0) is 14.7. The number of carbonyl (C=O) groups is 2. The topological polar surface area (TPSA) is 61.8 Å². The maximum Gasteiger partial charge on any atom is 0.323 e. The average Bonchev–Trinajstić information content (AvgIpc) is 2.34. The monoisotopic (exact) mass is 286 g/mol. The summed E-state index contributed by atoms with van der Waals surface area (Å²) in [6, 6.07) is 0. The molecule has 0 amide bonds. The summed E-state index contributed by atoms with van der Waals surface area (Å²) < 4.78 is 15.5. The van der Waals surface area contributed by atoms with Gasteiger partial charge in [0.05, 0.1) is 20.0 Å². The SMILES string of the molecule is COC(=O)C1(C(=O)OC)CCC=C(O[Si](C)(C)C)C1. The minimum absolute atomic E-state index is 0.219. The number of esters is 2. The molecule has 0 saturated heterocycles. The van der Waals surface area contributed by atoms with E-state index in [2.05, 4.69) is 19.6 Å². The maximum atomic E-state index is 12.0. The molecule has 0 aliphatic heterocycles. The lowest BCUT2D eigenvalue weighted by Crippen LogP contribution is -2.43. The summed E-state index contributed by atoms with van der Waals surface area (Å²) >= 11 is 0. The second kappa shape index (κ2) is 5.77. The Labute approximate surface area is 115 Å². The molecule has 0 heterocycles. The molecule has 0 aromatic rings. The van der Waals surface area contributed by atoms with E-state index in [0.29, 0.717) is 18.6 Å². The van der Waals surface area contributed by atoms with Crippen LogP contribution in [-0.2, 0) is 23.5 Å². The number of methoxy groups -OCH3 is 2. The number of allylic oxidation sites excluding steroid dienone is 2. The summed E-state index contributed by atoms with van der Waals surface area (Å²) in [5.74, 6) is -0.408. The van der Waals surface area contributed by atoms with Crippen LogP contribution in [0.5, 0.6) is 0 Å². The van der Waals surface area contributed by atoms with Crippen molar-refractivity contribution in [1.82, 2.24) is 0 Å². The highest BCUT2D eigenvalue weighted by molar-refractivity contribution is 6.70. The van der Waals surface area contributed by atoms with Crippen molar-refractivity contribution in [3.63, 3.8) is 0 Å². The Balaban J connectivity index is 3.00. The fourth-order valence-corrected chi connectivity index (χ4v) is 3.17. The Bertz CT molecular complexity index is 378. The van der Waals surface area contributed by atoms with Gasteiger partial charge in [0, 0.05) is 6.42 Å². The van der Waals surface area contributed by atoms with Gasteiger partial charge in [0.25, 0.3) is 0 Å². The predicted molar refractivity (Wildman–Crippen MR) is 72.8 cm³/mol. The molecule has 1 rings (SSSR count). The van der Waals surface area contributed by atoms with E-state index in [1.807, 2.05) is 6.08 Å². The van der Waals surface area contributed by atoms with Crippen LogP contribution in [0.2, 0.25) is 19.6 Å². The summed E-state index contributed by atoms with van der Waals surface area (Å²) in [4.78, 5) is 24.0. The van der Waals surface area contributed by atoms with Crippen LogP contribution in [0.15, 0.2) is 11.8 Å². The van der Waals surface area contributed by atoms with Crippen molar-refractivity contribution in [2.45, 2.75) is 38.9 Å². The Hall–Kier alpha value is -1.30. The first-order valence-corrected chi connectivity index (χ1v) is 9.71. The molecule has 0 fully saturated rings. The number of ether oxygens (including phenoxy) is 2. The van der Waals surface area contributed by atoms with Gasteiger partial charge < -0.3 is 13.9 Å². The third kappa shape index (κ3) is 3.59. The van der Waals surface area contributed by atoms with Crippen molar-refractivity contribution in [3.05, 3.63) is 11.8 Å². The molecule has 0 aromatic heterocycles. The highest BCUT2D eigenvalue weighted by atomic mass is 28.4. The van der Waals surface area contributed by atoms with Crippen molar-refractivity contribution in [2.24, 2.45) is 5.41 Å². The molecule has 1 aliphatic rings. The van der Waals surface area contributed by atoms with E-state index in [0.717, 1.165) is 0 Å². The zero-order valence-electron chi connectivity index (χ0n) is 12.2. The van der Waals surface area contributed by atoms with E-state index >= 15 is 0 Å². The minimum atomic E-state index is -1.77. The van der Waals surface area contributed by atoms with Crippen molar-refractivity contribution in [3.8, 4) is 0 Å². The average molecular weight is 286 g/mol. The summed E-state index contributed by atoms with van der Waals surface area (Å²) in [6.45, 7) is 6.17. The molecule has 0 radical (unpaired) electrons. The fraction of sp³-hybridized carbons (Fsp3) is 0.692. The quantitative estimate of drug-likeness (QED) is 0.450. The second-order valence-electron chi connectivity index (χ2n) is 5.67. The lowest BCUT2D eigenvalue weighted by atomic mass is 9.76. The molecule has 108 valence electrons. The van der Waals surface area contributed by atoms with Crippen LogP contribution >= 0.6 is 0 Å². The van der Waals surface area contributed by atoms with Crippen LogP contribution in [0.4, 0.5) is 0 Å². The molecule has 1 aliphatic carbocycles. The first-order valence-electron chi connectivity index (χ1n) is 6.30. The lowest BCUT2D eigenvalue weighted by Gasteiger charge is -2.34. The van der Waals surface area contributed by atoms with Crippen LogP contribution in [0, 0.1) is 5.41 Å². The van der Waals surface area contributed by atoms with E-state index in [4.69, 9.17) is 13.9 Å². The molecule has 0 saturated carbocycles. The molecule has 0 atom stereocenters. The standard InChI is InChI=1S/C13H22O5Si/c1-16-11(14)13(12(15)17-2)8-6-7-10(9-13)18-19(3,4)5/h7H,6,8-9H2,1-5H3. The highest BCUT2D eigenvalue weighted by Gasteiger charge is 2.50. The van der Waals surface area contributed by atoms with Gasteiger partial charge in [0.1, 0.15) is 0 Å². The molecule has 0 unspecified atom stereocenters. The molecular formula is C13H22O5Si. The van der Waals surface area contributed by atoms with Crippen molar-refractivity contribution < 1.29 is 23.5 Å². The third-order valence-corrected chi connectivity index (χ3v) is 3.88. The van der Waals surface area contributed by atoms with Crippen molar-refractivity contribution in [2.75, 3.05) is 14.2 Å². The van der Waals surface area contributed by atoms with Gasteiger partial charge in [-0.3, -0.25) is 9.59 Å². The first-order chi connectivity index (χ1) is 8.75. The van der Waals surface area contributed by atoms with Gasteiger partial charge in [-0.1, -0.05) is 0 Å². The molecule has 6 heteroatoms. The van der Waals surface area contributed by atoms with E-state index in [9.17, 15) is 9.59 Å². The number of rotatable bonds is 4. The predicted octanol–water partition coefficient (Wildman–Crippen LogP) is 2.24. The molecular weight excluding hydrogens is 264 g/mol. The van der Waals surface area contributed by atoms with Gasteiger partial charge in [-0.05, 0) is 38.6 Å². The van der Waals surface area contributed by atoms with E-state index in [-0.39, 0.29) is 6.42 Å². The first kappa shape index (κ1) is 15.8. The van der Waals surface area contributed by atoms with E-state index < -0.39 is 25.7 Å². The molecule has 0 N–H and O–H groups in total. The minimum Gasteiger partial charge on any atom is -0.548 e. The summed E-state index contributed by atoms with van der Waals surface area (Å²) in [6.07, 6.45) is 3.16. The van der Waals surface area contributed by atoms with Gasteiger partial charge in [-0.2, -0.15) is 0 Å². The van der Waals surface area contributed by atoms with E-state index in [1.165, 1.54) is 14.2 Å². The Morgan fingerprint density at radius 3 is 2.11 bits per heavy atom. The summed E-state index contributed by atoms with van der Waals surface area (Å²) in [5, 5.41) is 0. The molecule has 0 bridgehead atoms. The van der Waals surface area contributed by atoms with Crippen molar-refractivity contribution in [1.29, 1.82) is 0 Å². The Kier molecular flexibility index (Phi) is 4.79. The normalized spacial score (nSPS) is 18.3. The molecule has 0 aromatic carbocycles. The van der Waals surface area contributed by atoms with Crippen molar-refractivity contribution >= 4 is 20.3 Å². The van der Waals surface area contributed by atoms with Gasteiger partial charge in [0.15, 0.2) is 5.41 Å². The van der Waals surface area contributed by atoms with E-state index in [1.54, 1.807) is 0 Å². The van der Waals surface area contributed by atoms with Gasteiger partial charge in [-0.15, -0.1) is 0 Å². The van der Waals surface area contributed by atoms with Crippen LogP contribution < -0.4 is 0 Å². The summed E-state index contributed by atoms with van der Waals surface area (Å²) in [5.41, 5.74) is -1.26. The smallest absolute Gasteiger partial charge is 0.323 e. The number of hydrogen-bond acceptors (Lipinski definition) is 5. The highest BCUT2D eigenvalue weighted by Crippen LogP contribution is 2.39. The van der Waals surface area contributed by atoms with Crippen LogP contribution in [-0.4, -0.2) is 34.5 Å². The largest absolute Gasteiger partial charge is 0.548 e. The molecule has 5 nitrogen and oxygen atoms in total. The molecule has 0 spiro atoms. The zero-order valence-corrected chi connectivity index (χ0v) is 13.2. The van der Waals surface area contributed by atoms with Gasteiger partial charge in [0.2, 0.25) is 8.32 Å².